The van der Waals surface area contributed by atoms with Gasteiger partial charge in [-0.25, -0.2) is 0 Å². The van der Waals surface area contributed by atoms with E-state index in [9.17, 15) is 20.1 Å². The number of ketones is 1. The second-order valence-electron chi connectivity index (χ2n) is 10.1. The highest BCUT2D eigenvalue weighted by Gasteiger charge is 2.68. The van der Waals surface area contributed by atoms with E-state index in [-0.39, 0.29) is 35.4 Å². The van der Waals surface area contributed by atoms with Gasteiger partial charge < -0.3 is 15.3 Å². The smallest absolute Gasteiger partial charge is 0.134 e. The third kappa shape index (κ3) is 1.99. The predicted octanol–water partition coefficient (Wildman–Crippen LogP) is 2.29. The van der Waals surface area contributed by atoms with E-state index in [0.717, 1.165) is 32.1 Å². The zero-order valence-corrected chi connectivity index (χ0v) is 15.1. The second kappa shape index (κ2) is 5.05. The van der Waals surface area contributed by atoms with Gasteiger partial charge in [0.15, 0.2) is 0 Å². The molecule has 0 aromatic heterocycles. The van der Waals surface area contributed by atoms with Gasteiger partial charge in [0.1, 0.15) is 5.78 Å². The molecule has 0 radical (unpaired) electrons. The zero-order chi connectivity index (χ0) is 17.4. The average Bonchev–Trinajstić information content (AvgIpc) is 2.73. The molecule has 4 rings (SSSR count). The molecule has 4 nitrogen and oxygen atoms in total. The molecule has 4 heteroatoms. The van der Waals surface area contributed by atoms with Gasteiger partial charge in [0, 0.05) is 24.9 Å². The van der Waals surface area contributed by atoms with E-state index >= 15 is 0 Å². The molecule has 4 aliphatic carbocycles. The van der Waals surface area contributed by atoms with Gasteiger partial charge in [-0.1, -0.05) is 13.8 Å². The van der Waals surface area contributed by atoms with Crippen LogP contribution in [0.25, 0.3) is 0 Å². The Morgan fingerprint density at radius 1 is 1.04 bits per heavy atom. The topological polar surface area (TPSA) is 77.8 Å². The maximum absolute atomic E-state index is 12.6. The predicted molar refractivity (Wildman–Crippen MR) is 90.2 cm³/mol. The van der Waals surface area contributed by atoms with Gasteiger partial charge in [-0.15, -0.1) is 0 Å². The van der Waals surface area contributed by atoms with E-state index in [1.54, 1.807) is 0 Å². The average molecular weight is 336 g/mol. The highest BCUT2D eigenvalue weighted by molar-refractivity contribution is 5.81. The molecule has 0 unspecified atom stereocenters. The number of carbonyl (C=O) groups is 1. The van der Waals surface area contributed by atoms with Crippen LogP contribution in [0.4, 0.5) is 0 Å². The molecule has 4 fully saturated rings. The zero-order valence-electron chi connectivity index (χ0n) is 15.1. The fraction of sp³-hybridized carbons (Fsp3) is 0.950. The molecule has 4 saturated carbocycles. The Morgan fingerprint density at radius 3 is 2.46 bits per heavy atom. The molecule has 7 atom stereocenters. The molecule has 136 valence electrons. The van der Waals surface area contributed by atoms with E-state index in [1.165, 1.54) is 0 Å². The maximum atomic E-state index is 12.6. The molecule has 0 amide bonds. The molecular formula is C20H32O4. The standard InChI is InChI=1S/C20H32O4/c1-17(11-21)8-14(23)9-18(2)15(17)5-6-19-7-13(3-4-16(18)19)20(24,10-19)12-22/h13,15-16,21-22,24H,3-12H2,1-2H3/t13-,15-,16+,17+,18-,19+,20+/m1/s1. The van der Waals surface area contributed by atoms with Crippen LogP contribution in [0, 0.1) is 34.0 Å². The van der Waals surface area contributed by atoms with Gasteiger partial charge in [-0.2, -0.15) is 0 Å². The molecule has 0 aliphatic heterocycles. The third-order valence-electron chi connectivity index (χ3n) is 8.79. The lowest BCUT2D eigenvalue weighted by molar-refractivity contribution is -0.170. The van der Waals surface area contributed by atoms with Crippen LogP contribution >= 0.6 is 0 Å². The number of hydrogen-bond donors (Lipinski definition) is 3. The lowest BCUT2D eigenvalue weighted by atomic mass is 9.41. The van der Waals surface area contributed by atoms with Crippen molar-refractivity contribution in [3.63, 3.8) is 0 Å². The SMILES string of the molecule is C[C@@]1(CO)CC(=O)C[C@]2(C)[C@@H]1CC[C@@]13C[C@@H](CC[C@H]12)[C@@](O)(CO)C3. The Labute approximate surface area is 144 Å². The van der Waals surface area contributed by atoms with Crippen LogP contribution in [-0.2, 0) is 4.79 Å². The number of aliphatic hydroxyl groups excluding tert-OH is 2. The number of carbonyl (C=O) groups excluding carboxylic acids is 1. The molecule has 0 saturated heterocycles. The Bertz CT molecular complexity index is 562. The van der Waals surface area contributed by atoms with Crippen molar-refractivity contribution >= 4 is 5.78 Å². The summed E-state index contributed by atoms with van der Waals surface area (Å²) in [5.74, 6) is 1.31. The van der Waals surface area contributed by atoms with Crippen molar-refractivity contribution in [3.05, 3.63) is 0 Å². The Hall–Kier alpha value is -0.450. The Balaban J connectivity index is 1.74. The molecule has 0 aromatic carbocycles. The van der Waals surface area contributed by atoms with Gasteiger partial charge in [0.05, 0.1) is 12.2 Å². The summed E-state index contributed by atoms with van der Waals surface area (Å²) in [6.45, 7) is 4.32. The molecule has 24 heavy (non-hydrogen) atoms. The summed E-state index contributed by atoms with van der Waals surface area (Å²) >= 11 is 0. The number of Topliss-reactive ketones (excluding diaryl/α,β-unsaturated/α-hetero) is 1. The number of rotatable bonds is 2. The lowest BCUT2D eigenvalue weighted by Gasteiger charge is -2.63. The molecule has 3 N–H and O–H groups in total. The normalized spacial score (nSPS) is 56.7. The Kier molecular flexibility index (Phi) is 3.57. The Morgan fingerprint density at radius 2 is 1.79 bits per heavy atom. The summed E-state index contributed by atoms with van der Waals surface area (Å²) in [4.78, 5) is 12.6. The number of aliphatic hydroxyl groups is 3. The molecule has 0 heterocycles. The minimum atomic E-state index is -0.920. The number of hydrogen-bond acceptors (Lipinski definition) is 4. The molecule has 2 bridgehead atoms. The first-order valence-electron chi connectivity index (χ1n) is 9.67. The summed E-state index contributed by atoms with van der Waals surface area (Å²) in [6.07, 6.45) is 6.93. The first-order chi connectivity index (χ1) is 11.2. The van der Waals surface area contributed by atoms with E-state index < -0.39 is 5.60 Å². The van der Waals surface area contributed by atoms with Crippen molar-refractivity contribution in [1.29, 1.82) is 0 Å². The van der Waals surface area contributed by atoms with Crippen molar-refractivity contribution in [2.24, 2.45) is 34.0 Å². The van der Waals surface area contributed by atoms with Crippen molar-refractivity contribution in [2.45, 2.75) is 70.8 Å². The molecular weight excluding hydrogens is 304 g/mol. The van der Waals surface area contributed by atoms with E-state index in [0.29, 0.717) is 36.9 Å². The van der Waals surface area contributed by atoms with Gasteiger partial charge in [-0.3, -0.25) is 4.79 Å². The summed E-state index contributed by atoms with van der Waals surface area (Å²) in [7, 11) is 0. The summed E-state index contributed by atoms with van der Waals surface area (Å²) in [5, 5.41) is 30.8. The molecule has 1 spiro atoms. The highest BCUT2D eigenvalue weighted by Crippen LogP contribution is 2.72. The first kappa shape index (κ1) is 17.0. The fourth-order valence-electron chi connectivity index (χ4n) is 8.02. The van der Waals surface area contributed by atoms with Gasteiger partial charge in [0.2, 0.25) is 0 Å². The van der Waals surface area contributed by atoms with Gasteiger partial charge >= 0.3 is 0 Å². The van der Waals surface area contributed by atoms with E-state index in [2.05, 4.69) is 13.8 Å². The van der Waals surface area contributed by atoms with Crippen molar-refractivity contribution < 1.29 is 20.1 Å². The summed E-state index contributed by atoms with van der Waals surface area (Å²) < 4.78 is 0. The van der Waals surface area contributed by atoms with Crippen LogP contribution in [0.5, 0.6) is 0 Å². The van der Waals surface area contributed by atoms with Crippen LogP contribution in [0.2, 0.25) is 0 Å². The number of fused-ring (bicyclic) bond motifs is 3. The highest BCUT2D eigenvalue weighted by atomic mass is 16.3. The minimum absolute atomic E-state index is 0.0727. The lowest BCUT2D eigenvalue weighted by Crippen LogP contribution is -2.59. The van der Waals surface area contributed by atoms with Gasteiger partial charge in [0.25, 0.3) is 0 Å². The fourth-order valence-corrected chi connectivity index (χ4v) is 8.02. The van der Waals surface area contributed by atoms with E-state index in [4.69, 9.17) is 0 Å². The van der Waals surface area contributed by atoms with Crippen LogP contribution in [0.1, 0.15) is 65.2 Å². The third-order valence-corrected chi connectivity index (χ3v) is 8.79. The summed E-state index contributed by atoms with van der Waals surface area (Å²) in [6, 6.07) is 0. The van der Waals surface area contributed by atoms with E-state index in [1.807, 2.05) is 0 Å². The van der Waals surface area contributed by atoms with Crippen LogP contribution in [0.3, 0.4) is 0 Å². The largest absolute Gasteiger partial charge is 0.396 e. The van der Waals surface area contributed by atoms with Gasteiger partial charge in [-0.05, 0) is 67.1 Å². The van der Waals surface area contributed by atoms with Crippen LogP contribution < -0.4 is 0 Å². The monoisotopic (exact) mass is 336 g/mol. The van der Waals surface area contributed by atoms with Crippen molar-refractivity contribution in [2.75, 3.05) is 13.2 Å². The summed E-state index contributed by atoms with van der Waals surface area (Å²) in [5.41, 5.74) is -1.21. The van der Waals surface area contributed by atoms with Crippen molar-refractivity contribution in [3.8, 4) is 0 Å². The first-order valence-corrected chi connectivity index (χ1v) is 9.67. The molecule has 4 aliphatic rings. The van der Waals surface area contributed by atoms with Crippen LogP contribution in [0.15, 0.2) is 0 Å². The second-order valence-corrected chi connectivity index (χ2v) is 10.1. The molecule has 0 aromatic rings. The van der Waals surface area contributed by atoms with Crippen LogP contribution in [-0.4, -0.2) is 39.9 Å². The van der Waals surface area contributed by atoms with Crippen molar-refractivity contribution in [1.82, 2.24) is 0 Å². The quantitative estimate of drug-likeness (QED) is 0.723. The minimum Gasteiger partial charge on any atom is -0.396 e. The maximum Gasteiger partial charge on any atom is 0.134 e.